The maximum absolute atomic E-state index is 5.93. The SMILES string of the molecule is COc1ccc(OC)c(C2CC(C)NCC2CN)c1. The van der Waals surface area contributed by atoms with Gasteiger partial charge in [0.05, 0.1) is 14.2 Å². The quantitative estimate of drug-likeness (QED) is 0.870. The average Bonchev–Trinajstić information content (AvgIpc) is 2.46. The molecule has 4 nitrogen and oxygen atoms in total. The van der Waals surface area contributed by atoms with Crippen molar-refractivity contribution in [1.29, 1.82) is 0 Å². The number of ether oxygens (including phenoxy) is 2. The molecule has 0 radical (unpaired) electrons. The van der Waals surface area contributed by atoms with E-state index in [1.54, 1.807) is 14.2 Å². The zero-order chi connectivity index (χ0) is 13.8. The van der Waals surface area contributed by atoms with Crippen molar-refractivity contribution in [3.05, 3.63) is 23.8 Å². The van der Waals surface area contributed by atoms with E-state index in [4.69, 9.17) is 15.2 Å². The Morgan fingerprint density at radius 2 is 2.11 bits per heavy atom. The fraction of sp³-hybridized carbons (Fsp3) is 0.600. The monoisotopic (exact) mass is 264 g/mol. The highest BCUT2D eigenvalue weighted by Gasteiger charge is 2.30. The molecule has 0 spiro atoms. The number of piperidine rings is 1. The van der Waals surface area contributed by atoms with Gasteiger partial charge in [-0.05, 0) is 56.5 Å². The number of nitrogens with two attached hydrogens (primary N) is 1. The number of nitrogens with one attached hydrogen (secondary N) is 1. The molecule has 3 atom stereocenters. The third-order valence-electron chi connectivity index (χ3n) is 4.04. The van der Waals surface area contributed by atoms with E-state index in [1.165, 1.54) is 5.56 Å². The van der Waals surface area contributed by atoms with Gasteiger partial charge in [0.1, 0.15) is 11.5 Å². The molecule has 1 aromatic carbocycles. The summed E-state index contributed by atoms with van der Waals surface area (Å²) in [6.45, 7) is 3.86. The van der Waals surface area contributed by atoms with E-state index in [2.05, 4.69) is 18.3 Å². The Bertz CT molecular complexity index is 423. The van der Waals surface area contributed by atoms with Gasteiger partial charge in [-0.25, -0.2) is 0 Å². The lowest BCUT2D eigenvalue weighted by atomic mass is 9.78. The highest BCUT2D eigenvalue weighted by molar-refractivity contribution is 5.43. The van der Waals surface area contributed by atoms with E-state index in [9.17, 15) is 0 Å². The molecule has 1 aliphatic heterocycles. The highest BCUT2D eigenvalue weighted by atomic mass is 16.5. The molecule has 1 aliphatic rings. The van der Waals surface area contributed by atoms with Crippen molar-refractivity contribution in [2.24, 2.45) is 11.7 Å². The lowest BCUT2D eigenvalue weighted by molar-refractivity contribution is 0.277. The van der Waals surface area contributed by atoms with E-state index in [-0.39, 0.29) is 0 Å². The predicted octanol–water partition coefficient (Wildman–Crippen LogP) is 1.74. The number of methoxy groups -OCH3 is 2. The summed E-state index contributed by atoms with van der Waals surface area (Å²) < 4.78 is 10.8. The molecular formula is C15H24N2O2. The van der Waals surface area contributed by atoms with Gasteiger partial charge in [-0.3, -0.25) is 0 Å². The van der Waals surface area contributed by atoms with Gasteiger partial charge in [0.25, 0.3) is 0 Å². The van der Waals surface area contributed by atoms with Crippen molar-refractivity contribution in [2.75, 3.05) is 27.3 Å². The van der Waals surface area contributed by atoms with Crippen LogP contribution < -0.4 is 20.5 Å². The highest BCUT2D eigenvalue weighted by Crippen LogP contribution is 2.38. The van der Waals surface area contributed by atoms with Gasteiger partial charge in [-0.2, -0.15) is 0 Å². The molecule has 0 aromatic heterocycles. The summed E-state index contributed by atoms with van der Waals surface area (Å²) in [7, 11) is 3.41. The molecule has 0 saturated carbocycles. The Morgan fingerprint density at radius 3 is 2.74 bits per heavy atom. The van der Waals surface area contributed by atoms with Crippen molar-refractivity contribution in [3.8, 4) is 11.5 Å². The summed E-state index contributed by atoms with van der Waals surface area (Å²) in [5, 5.41) is 3.50. The molecule has 19 heavy (non-hydrogen) atoms. The second kappa shape index (κ2) is 6.26. The van der Waals surface area contributed by atoms with E-state index in [0.717, 1.165) is 24.5 Å². The predicted molar refractivity (Wildman–Crippen MR) is 76.9 cm³/mol. The maximum Gasteiger partial charge on any atom is 0.122 e. The minimum atomic E-state index is 0.422. The fourth-order valence-electron chi connectivity index (χ4n) is 2.91. The van der Waals surface area contributed by atoms with Gasteiger partial charge in [-0.1, -0.05) is 0 Å². The summed E-state index contributed by atoms with van der Waals surface area (Å²) in [6, 6.07) is 6.51. The Hall–Kier alpha value is -1.26. The lowest BCUT2D eigenvalue weighted by Gasteiger charge is -2.36. The lowest BCUT2D eigenvalue weighted by Crippen LogP contribution is -2.44. The maximum atomic E-state index is 5.93. The zero-order valence-electron chi connectivity index (χ0n) is 12.0. The molecule has 1 heterocycles. The van der Waals surface area contributed by atoms with Crippen LogP contribution in [0.5, 0.6) is 11.5 Å². The van der Waals surface area contributed by atoms with Crippen LogP contribution in [-0.2, 0) is 0 Å². The summed E-state index contributed by atoms with van der Waals surface area (Å²) in [6.07, 6.45) is 1.07. The molecule has 0 amide bonds. The van der Waals surface area contributed by atoms with E-state index < -0.39 is 0 Å². The summed E-state index contributed by atoms with van der Waals surface area (Å²) >= 11 is 0. The molecule has 106 valence electrons. The topological polar surface area (TPSA) is 56.5 Å². The van der Waals surface area contributed by atoms with Gasteiger partial charge in [0.2, 0.25) is 0 Å². The van der Waals surface area contributed by atoms with Crippen LogP contribution in [0.3, 0.4) is 0 Å². The Balaban J connectivity index is 2.36. The van der Waals surface area contributed by atoms with Gasteiger partial charge >= 0.3 is 0 Å². The molecule has 4 heteroatoms. The van der Waals surface area contributed by atoms with Crippen molar-refractivity contribution in [2.45, 2.75) is 25.3 Å². The van der Waals surface area contributed by atoms with Crippen LogP contribution in [0.2, 0.25) is 0 Å². The Labute approximate surface area is 115 Å². The number of rotatable bonds is 4. The first-order chi connectivity index (χ1) is 9.19. The normalized spacial score (nSPS) is 27.1. The number of hydrogen-bond donors (Lipinski definition) is 2. The van der Waals surface area contributed by atoms with E-state index in [0.29, 0.717) is 24.4 Å². The van der Waals surface area contributed by atoms with Gasteiger partial charge in [-0.15, -0.1) is 0 Å². The van der Waals surface area contributed by atoms with Crippen LogP contribution in [0, 0.1) is 5.92 Å². The third kappa shape index (κ3) is 3.01. The number of hydrogen-bond acceptors (Lipinski definition) is 4. The standard InChI is InChI=1S/C15H24N2O2/c1-10-6-13(11(8-16)9-17-10)14-7-12(18-2)4-5-15(14)19-3/h4-5,7,10-11,13,17H,6,8-9,16H2,1-3H3. The number of benzene rings is 1. The first-order valence-corrected chi connectivity index (χ1v) is 6.85. The average molecular weight is 264 g/mol. The minimum Gasteiger partial charge on any atom is -0.497 e. The molecular weight excluding hydrogens is 240 g/mol. The van der Waals surface area contributed by atoms with Gasteiger partial charge in [0.15, 0.2) is 0 Å². The molecule has 2 rings (SSSR count). The molecule has 1 aromatic rings. The molecule has 1 fully saturated rings. The Kier molecular flexibility index (Phi) is 4.66. The van der Waals surface area contributed by atoms with Crippen LogP contribution in [-0.4, -0.2) is 33.4 Å². The van der Waals surface area contributed by atoms with Crippen LogP contribution in [0.4, 0.5) is 0 Å². The summed E-state index contributed by atoms with van der Waals surface area (Å²) in [5.74, 6) is 2.67. The van der Waals surface area contributed by atoms with E-state index in [1.807, 2.05) is 12.1 Å². The molecule has 0 aliphatic carbocycles. The van der Waals surface area contributed by atoms with Gasteiger partial charge < -0.3 is 20.5 Å². The molecule has 3 unspecified atom stereocenters. The molecule has 0 bridgehead atoms. The largest absolute Gasteiger partial charge is 0.497 e. The van der Waals surface area contributed by atoms with Gasteiger partial charge in [0, 0.05) is 11.6 Å². The smallest absolute Gasteiger partial charge is 0.122 e. The molecule has 1 saturated heterocycles. The minimum absolute atomic E-state index is 0.422. The van der Waals surface area contributed by atoms with Crippen LogP contribution in [0.15, 0.2) is 18.2 Å². The second-order valence-electron chi connectivity index (χ2n) is 5.26. The first-order valence-electron chi connectivity index (χ1n) is 6.85. The summed E-state index contributed by atoms with van der Waals surface area (Å²) in [5.41, 5.74) is 7.14. The van der Waals surface area contributed by atoms with Crippen molar-refractivity contribution < 1.29 is 9.47 Å². The fourth-order valence-corrected chi connectivity index (χ4v) is 2.91. The van der Waals surface area contributed by atoms with Crippen molar-refractivity contribution in [3.63, 3.8) is 0 Å². The van der Waals surface area contributed by atoms with Crippen LogP contribution in [0.1, 0.15) is 24.8 Å². The molecule has 3 N–H and O–H groups in total. The summed E-state index contributed by atoms with van der Waals surface area (Å²) in [4.78, 5) is 0. The van der Waals surface area contributed by atoms with Crippen molar-refractivity contribution >= 4 is 0 Å². The van der Waals surface area contributed by atoms with Crippen LogP contribution >= 0.6 is 0 Å². The van der Waals surface area contributed by atoms with Crippen molar-refractivity contribution in [1.82, 2.24) is 5.32 Å². The zero-order valence-corrected chi connectivity index (χ0v) is 12.0. The van der Waals surface area contributed by atoms with Crippen LogP contribution in [0.25, 0.3) is 0 Å². The third-order valence-corrected chi connectivity index (χ3v) is 4.04. The van der Waals surface area contributed by atoms with E-state index >= 15 is 0 Å². The second-order valence-corrected chi connectivity index (χ2v) is 5.26. The first kappa shape index (κ1) is 14.2. The Morgan fingerprint density at radius 1 is 1.32 bits per heavy atom.